The smallest absolute Gasteiger partial charge is 0.221 e. The molecular weight excluding hydrogens is 264 g/mol. The van der Waals surface area contributed by atoms with E-state index in [0.29, 0.717) is 17.6 Å². The second kappa shape index (κ2) is 7.06. The van der Waals surface area contributed by atoms with Crippen molar-refractivity contribution in [2.75, 3.05) is 13.7 Å². The molecule has 1 rings (SSSR count). The number of methoxy groups -OCH3 is 1. The molecule has 5 heteroatoms. The Hall–Kier alpha value is -0.870. The van der Waals surface area contributed by atoms with Gasteiger partial charge in [-0.15, -0.1) is 0 Å². The Kier molecular flexibility index (Phi) is 6.01. The third-order valence-corrected chi connectivity index (χ3v) is 3.43. The Morgan fingerprint density at radius 3 is 2.53 bits per heavy atom. The van der Waals surface area contributed by atoms with Crippen LogP contribution in [0.5, 0.6) is 5.88 Å². The van der Waals surface area contributed by atoms with Crippen LogP contribution in [0.3, 0.4) is 0 Å². The summed E-state index contributed by atoms with van der Waals surface area (Å²) in [6.07, 6.45) is 2.57. The summed E-state index contributed by atoms with van der Waals surface area (Å²) in [7, 11) is 1.70. The van der Waals surface area contributed by atoms with Gasteiger partial charge in [0, 0.05) is 25.5 Å². The molecule has 0 saturated carbocycles. The third-order valence-electron chi connectivity index (χ3n) is 3.06. The van der Waals surface area contributed by atoms with E-state index in [9.17, 15) is 0 Å². The van der Waals surface area contributed by atoms with E-state index >= 15 is 0 Å². The Bertz CT molecular complexity index is 422. The first-order valence-electron chi connectivity index (χ1n) is 6.60. The van der Waals surface area contributed by atoms with Crippen molar-refractivity contribution in [1.82, 2.24) is 9.97 Å². The molecule has 1 aromatic heterocycles. The van der Waals surface area contributed by atoms with Gasteiger partial charge in [0.1, 0.15) is 11.0 Å². The second-order valence-electron chi connectivity index (χ2n) is 5.17. The lowest BCUT2D eigenvalue weighted by Gasteiger charge is -2.22. The molecule has 0 N–H and O–H groups in total. The van der Waals surface area contributed by atoms with Crippen molar-refractivity contribution in [2.24, 2.45) is 0 Å². The molecule has 1 heterocycles. The maximum absolute atomic E-state index is 6.10. The van der Waals surface area contributed by atoms with Crippen LogP contribution in [0.25, 0.3) is 0 Å². The van der Waals surface area contributed by atoms with E-state index in [4.69, 9.17) is 21.1 Å². The first kappa shape index (κ1) is 16.2. The quantitative estimate of drug-likeness (QED) is 0.719. The Balaban J connectivity index is 2.72. The van der Waals surface area contributed by atoms with E-state index in [0.717, 1.165) is 30.7 Å². The van der Waals surface area contributed by atoms with Gasteiger partial charge in [0.2, 0.25) is 5.88 Å². The van der Waals surface area contributed by atoms with Crippen molar-refractivity contribution >= 4 is 11.6 Å². The summed E-state index contributed by atoms with van der Waals surface area (Å²) in [5.41, 5.74) is 0.591. The molecule has 0 bridgehead atoms. The van der Waals surface area contributed by atoms with Crippen molar-refractivity contribution in [3.63, 3.8) is 0 Å². The maximum Gasteiger partial charge on any atom is 0.221 e. The normalized spacial score (nSPS) is 11.7. The Morgan fingerprint density at radius 2 is 1.95 bits per heavy atom. The molecule has 0 aliphatic rings. The van der Waals surface area contributed by atoms with Gasteiger partial charge in [-0.05, 0) is 27.2 Å². The minimum absolute atomic E-state index is 0.197. The second-order valence-corrected chi connectivity index (χ2v) is 5.53. The van der Waals surface area contributed by atoms with Gasteiger partial charge in [0.25, 0.3) is 0 Å². The standard InChI is InChI=1S/C14H23ClN2O2/c1-6-7-11-16-12(15)10(2)13(17-11)19-9-8-14(3,4)18-5/h6-9H2,1-5H3. The molecule has 19 heavy (non-hydrogen) atoms. The maximum atomic E-state index is 6.10. The molecule has 0 unspecified atom stereocenters. The van der Waals surface area contributed by atoms with Crippen LogP contribution in [0.1, 0.15) is 45.0 Å². The molecule has 108 valence electrons. The fourth-order valence-electron chi connectivity index (χ4n) is 1.48. The van der Waals surface area contributed by atoms with Gasteiger partial charge in [0.15, 0.2) is 0 Å². The lowest BCUT2D eigenvalue weighted by atomic mass is 10.1. The first-order chi connectivity index (χ1) is 8.89. The van der Waals surface area contributed by atoms with Gasteiger partial charge in [0.05, 0.1) is 12.2 Å². The van der Waals surface area contributed by atoms with Gasteiger partial charge in [-0.3, -0.25) is 0 Å². The summed E-state index contributed by atoms with van der Waals surface area (Å²) in [6.45, 7) is 8.55. The summed E-state index contributed by atoms with van der Waals surface area (Å²) < 4.78 is 11.1. The molecule has 4 nitrogen and oxygen atoms in total. The van der Waals surface area contributed by atoms with Crippen molar-refractivity contribution in [3.05, 3.63) is 16.5 Å². The van der Waals surface area contributed by atoms with Gasteiger partial charge >= 0.3 is 0 Å². The number of hydrogen-bond donors (Lipinski definition) is 0. The van der Waals surface area contributed by atoms with E-state index in [1.54, 1.807) is 7.11 Å². The molecular formula is C14H23ClN2O2. The van der Waals surface area contributed by atoms with E-state index in [1.807, 2.05) is 20.8 Å². The van der Waals surface area contributed by atoms with Crippen LogP contribution < -0.4 is 4.74 Å². The van der Waals surface area contributed by atoms with Crippen LogP contribution in [0.15, 0.2) is 0 Å². The zero-order valence-corrected chi connectivity index (χ0v) is 13.2. The van der Waals surface area contributed by atoms with Crippen LogP contribution in [0.2, 0.25) is 5.15 Å². The van der Waals surface area contributed by atoms with Crippen LogP contribution in [-0.4, -0.2) is 29.3 Å². The van der Waals surface area contributed by atoms with Gasteiger partial charge in [-0.25, -0.2) is 4.98 Å². The lowest BCUT2D eigenvalue weighted by molar-refractivity contribution is 0.00499. The van der Waals surface area contributed by atoms with Crippen molar-refractivity contribution < 1.29 is 9.47 Å². The summed E-state index contributed by atoms with van der Waals surface area (Å²) in [6, 6.07) is 0. The average Bonchev–Trinajstić information content (AvgIpc) is 2.35. The van der Waals surface area contributed by atoms with Crippen molar-refractivity contribution in [2.45, 2.75) is 52.6 Å². The molecule has 0 aromatic carbocycles. The minimum atomic E-state index is -0.197. The molecule has 0 aliphatic carbocycles. The average molecular weight is 287 g/mol. The number of hydrogen-bond acceptors (Lipinski definition) is 4. The van der Waals surface area contributed by atoms with E-state index in [-0.39, 0.29) is 5.60 Å². The van der Waals surface area contributed by atoms with E-state index < -0.39 is 0 Å². The fraction of sp³-hybridized carbons (Fsp3) is 0.714. The highest BCUT2D eigenvalue weighted by molar-refractivity contribution is 6.30. The van der Waals surface area contributed by atoms with E-state index in [2.05, 4.69) is 16.9 Å². The molecule has 0 radical (unpaired) electrons. The predicted octanol–water partition coefficient (Wildman–Crippen LogP) is 3.58. The van der Waals surface area contributed by atoms with Crippen molar-refractivity contribution in [3.8, 4) is 5.88 Å². The summed E-state index contributed by atoms with van der Waals surface area (Å²) in [5.74, 6) is 1.31. The number of halogens is 1. The highest BCUT2D eigenvalue weighted by Gasteiger charge is 2.17. The molecule has 1 aromatic rings. The third kappa shape index (κ3) is 4.96. The first-order valence-corrected chi connectivity index (χ1v) is 6.98. The highest BCUT2D eigenvalue weighted by Crippen LogP contribution is 2.23. The molecule has 0 saturated heterocycles. The zero-order chi connectivity index (χ0) is 14.5. The van der Waals surface area contributed by atoms with Crippen molar-refractivity contribution in [1.29, 1.82) is 0 Å². The van der Waals surface area contributed by atoms with Crippen LogP contribution >= 0.6 is 11.6 Å². The summed E-state index contributed by atoms with van der Waals surface area (Å²) in [5, 5.41) is 0.472. The SMILES string of the molecule is CCCc1nc(Cl)c(C)c(OCCC(C)(C)OC)n1. The number of aromatic nitrogens is 2. The number of aryl methyl sites for hydroxylation is 1. The minimum Gasteiger partial charge on any atom is -0.477 e. The predicted molar refractivity (Wildman–Crippen MR) is 77.0 cm³/mol. The topological polar surface area (TPSA) is 44.2 Å². The molecule has 0 atom stereocenters. The molecule has 0 fully saturated rings. The lowest BCUT2D eigenvalue weighted by Crippen LogP contribution is -2.25. The molecule has 0 spiro atoms. The van der Waals surface area contributed by atoms with Gasteiger partial charge in [-0.1, -0.05) is 18.5 Å². The van der Waals surface area contributed by atoms with Crippen LogP contribution in [0, 0.1) is 6.92 Å². The van der Waals surface area contributed by atoms with Crippen LogP contribution in [0.4, 0.5) is 0 Å². The van der Waals surface area contributed by atoms with Gasteiger partial charge in [-0.2, -0.15) is 4.98 Å². The van der Waals surface area contributed by atoms with E-state index in [1.165, 1.54) is 0 Å². The molecule has 0 amide bonds. The highest BCUT2D eigenvalue weighted by atomic mass is 35.5. The Labute approximate surface area is 120 Å². The van der Waals surface area contributed by atoms with Gasteiger partial charge < -0.3 is 9.47 Å². The van der Waals surface area contributed by atoms with Crippen LogP contribution in [-0.2, 0) is 11.2 Å². The largest absolute Gasteiger partial charge is 0.477 e. The fourth-order valence-corrected chi connectivity index (χ4v) is 1.66. The summed E-state index contributed by atoms with van der Waals surface area (Å²) in [4.78, 5) is 8.66. The Morgan fingerprint density at radius 1 is 1.26 bits per heavy atom. The molecule has 0 aliphatic heterocycles. The summed E-state index contributed by atoms with van der Waals surface area (Å²) >= 11 is 6.10. The number of nitrogens with zero attached hydrogens (tertiary/aromatic N) is 2. The zero-order valence-electron chi connectivity index (χ0n) is 12.4. The number of rotatable bonds is 7. The monoisotopic (exact) mass is 286 g/mol. The number of ether oxygens (including phenoxy) is 2.